The normalized spacial score (nSPS) is 13.4. The van der Waals surface area contributed by atoms with Crippen LogP contribution in [-0.2, 0) is 0 Å². The lowest BCUT2D eigenvalue weighted by Crippen LogP contribution is -2.27. The van der Waals surface area contributed by atoms with Crippen molar-refractivity contribution in [2.24, 2.45) is 0 Å². The van der Waals surface area contributed by atoms with Crippen molar-refractivity contribution >= 4 is 12.5 Å². The van der Waals surface area contributed by atoms with Gasteiger partial charge in [0.25, 0.3) is 0 Å². The minimum Gasteiger partial charge on any atom is -0.515 e. The Morgan fingerprint density at radius 3 is 1.50 bits per heavy atom. The van der Waals surface area contributed by atoms with Gasteiger partial charge in [0, 0.05) is 0 Å². The largest absolute Gasteiger partial charge is 0.515 e. The van der Waals surface area contributed by atoms with Crippen LogP contribution in [-0.4, -0.2) is 10.2 Å². The fourth-order valence-electron chi connectivity index (χ4n) is 1.96. The van der Waals surface area contributed by atoms with Crippen LogP contribution in [0.1, 0.15) is 0 Å². The first kappa shape index (κ1) is 12.0. The highest BCUT2D eigenvalue weighted by Gasteiger charge is 2.04. The Balaban J connectivity index is 2.77. The van der Waals surface area contributed by atoms with E-state index in [0.29, 0.717) is 12.5 Å². The van der Waals surface area contributed by atoms with Crippen LogP contribution in [0.5, 0.6) is 0 Å². The molecule has 1 aliphatic heterocycles. The standard InChI is InChI=1S/C14H8O6/c15-5-7-9(17)1-3-11-13(7)20-12-4-2-10(18)8(6-16)14(12)19-11/h1-6,15-16H/b7-5-,8-6+. The molecule has 0 spiro atoms. The first-order valence-corrected chi connectivity index (χ1v) is 5.64. The molecule has 0 aromatic rings. The van der Waals surface area contributed by atoms with Gasteiger partial charge in [0.1, 0.15) is 10.4 Å². The Morgan fingerprint density at radius 2 is 1.15 bits per heavy atom. The van der Waals surface area contributed by atoms with Crippen molar-refractivity contribution in [3.8, 4) is 0 Å². The van der Waals surface area contributed by atoms with E-state index in [1.165, 1.54) is 24.3 Å². The molecule has 0 unspecified atom stereocenters. The summed E-state index contributed by atoms with van der Waals surface area (Å²) in [6, 6.07) is 5.15. The van der Waals surface area contributed by atoms with Crippen LogP contribution in [0.2, 0.25) is 0 Å². The average Bonchev–Trinajstić information content (AvgIpc) is 2.45. The Bertz CT molecular complexity index is 1060. The molecule has 0 bridgehead atoms. The van der Waals surface area contributed by atoms with E-state index in [-0.39, 0.29) is 32.1 Å². The molecule has 0 amide bonds. The minimum atomic E-state index is -0.423. The van der Waals surface area contributed by atoms with Crippen molar-refractivity contribution in [1.29, 1.82) is 0 Å². The summed E-state index contributed by atoms with van der Waals surface area (Å²) in [5.41, 5.74) is -0.373. The molecule has 6 heteroatoms. The van der Waals surface area contributed by atoms with Gasteiger partial charge in [0.05, 0.1) is 12.5 Å². The van der Waals surface area contributed by atoms with E-state index in [0.717, 1.165) is 0 Å². The summed E-state index contributed by atoms with van der Waals surface area (Å²) in [6.45, 7) is 0. The summed E-state index contributed by atoms with van der Waals surface area (Å²) in [4.78, 5) is 23.2. The van der Waals surface area contributed by atoms with Crippen LogP contribution < -0.4 is 21.3 Å². The first-order valence-electron chi connectivity index (χ1n) is 5.64. The number of hydrogen-bond donors (Lipinski definition) is 2. The molecule has 0 saturated heterocycles. The molecule has 0 radical (unpaired) electrons. The van der Waals surface area contributed by atoms with Gasteiger partial charge in [-0.3, -0.25) is 9.59 Å². The molecule has 0 fully saturated rings. The second kappa shape index (κ2) is 4.27. The van der Waals surface area contributed by atoms with Gasteiger partial charge in [-0.2, -0.15) is 0 Å². The van der Waals surface area contributed by atoms with Crippen LogP contribution in [0, 0.1) is 21.7 Å². The molecular formula is C14H8O6. The van der Waals surface area contributed by atoms with Crippen LogP contribution in [0.15, 0.2) is 42.7 Å². The highest BCUT2D eigenvalue weighted by Crippen LogP contribution is 1.98. The highest BCUT2D eigenvalue weighted by atomic mass is 16.4. The summed E-state index contributed by atoms with van der Waals surface area (Å²) in [5, 5.41) is 18.1. The lowest BCUT2D eigenvalue weighted by molar-refractivity contribution is 0.372. The number of rotatable bonds is 0. The lowest BCUT2D eigenvalue weighted by atomic mass is 10.3. The third-order valence-corrected chi connectivity index (χ3v) is 2.92. The van der Waals surface area contributed by atoms with Gasteiger partial charge in [-0.05, 0) is 24.3 Å². The third kappa shape index (κ3) is 1.58. The highest BCUT2D eigenvalue weighted by molar-refractivity contribution is 5.18. The zero-order chi connectivity index (χ0) is 14.3. The van der Waals surface area contributed by atoms with Gasteiger partial charge in [0.15, 0.2) is 32.5 Å². The van der Waals surface area contributed by atoms with Gasteiger partial charge < -0.3 is 19.0 Å². The van der Waals surface area contributed by atoms with E-state index in [4.69, 9.17) is 19.0 Å². The van der Waals surface area contributed by atoms with Crippen molar-refractivity contribution in [1.82, 2.24) is 0 Å². The third-order valence-electron chi connectivity index (χ3n) is 2.92. The fourth-order valence-corrected chi connectivity index (χ4v) is 1.96. The summed E-state index contributed by atoms with van der Waals surface area (Å²) in [7, 11) is 0. The summed E-state index contributed by atoms with van der Waals surface area (Å²) in [6.07, 6.45) is 1.27. The first-order chi connectivity index (χ1) is 9.65. The van der Waals surface area contributed by atoms with Gasteiger partial charge >= 0.3 is 0 Å². The summed E-state index contributed by atoms with van der Waals surface area (Å²) in [5.74, 6) is 0. The fraction of sp³-hybridized carbons (Fsp3) is 0. The summed E-state index contributed by atoms with van der Waals surface area (Å²) >= 11 is 0. The van der Waals surface area contributed by atoms with E-state index in [2.05, 4.69) is 0 Å². The number of hydrogen-bond acceptors (Lipinski definition) is 6. The topological polar surface area (TPSA) is 101 Å². The Morgan fingerprint density at radius 1 is 0.750 bits per heavy atom. The quantitative estimate of drug-likeness (QED) is 0.579. The zero-order valence-corrected chi connectivity index (χ0v) is 9.99. The van der Waals surface area contributed by atoms with Gasteiger partial charge in [-0.15, -0.1) is 0 Å². The zero-order valence-electron chi connectivity index (χ0n) is 9.99. The Kier molecular flexibility index (Phi) is 2.57. The second-order valence-electron chi connectivity index (χ2n) is 4.07. The van der Waals surface area contributed by atoms with Crippen LogP contribution >= 0.6 is 0 Å². The van der Waals surface area contributed by atoms with Crippen molar-refractivity contribution in [3.63, 3.8) is 0 Å². The van der Waals surface area contributed by atoms with Crippen LogP contribution in [0.25, 0.3) is 12.5 Å². The van der Waals surface area contributed by atoms with Crippen molar-refractivity contribution in [2.75, 3.05) is 0 Å². The Labute approximate surface area is 109 Å². The smallest absolute Gasteiger partial charge is 0.192 e. The predicted octanol–water partition coefficient (Wildman–Crippen LogP) is -0.365. The molecule has 0 saturated carbocycles. The van der Waals surface area contributed by atoms with E-state index in [9.17, 15) is 9.59 Å². The maximum absolute atomic E-state index is 11.6. The SMILES string of the molecule is O=c1ccc2oc3/c(=C\O)c(=O)ccc=3oc=2/c1=C/O. The van der Waals surface area contributed by atoms with Gasteiger partial charge in [-0.25, -0.2) is 0 Å². The second-order valence-corrected chi connectivity index (χ2v) is 4.07. The molecule has 2 N–H and O–H groups in total. The molecule has 100 valence electrons. The maximum atomic E-state index is 11.6. The van der Waals surface area contributed by atoms with Crippen LogP contribution in [0.4, 0.5) is 0 Å². The maximum Gasteiger partial charge on any atom is 0.192 e. The molecule has 0 atom stereocenters. The molecule has 0 aromatic carbocycles. The monoisotopic (exact) mass is 272 g/mol. The molecular weight excluding hydrogens is 264 g/mol. The van der Waals surface area contributed by atoms with Gasteiger partial charge in [0.2, 0.25) is 0 Å². The Hall–Kier alpha value is -3.02. The van der Waals surface area contributed by atoms with E-state index in [1.54, 1.807) is 0 Å². The molecule has 20 heavy (non-hydrogen) atoms. The van der Waals surface area contributed by atoms with Crippen molar-refractivity contribution in [3.05, 3.63) is 76.8 Å². The van der Waals surface area contributed by atoms with E-state index < -0.39 is 10.9 Å². The van der Waals surface area contributed by atoms with E-state index in [1.807, 2.05) is 0 Å². The predicted molar refractivity (Wildman–Crippen MR) is 67.6 cm³/mol. The minimum absolute atomic E-state index is 0.0473. The van der Waals surface area contributed by atoms with Crippen molar-refractivity contribution < 1.29 is 19.0 Å². The van der Waals surface area contributed by atoms with E-state index >= 15 is 0 Å². The lowest BCUT2D eigenvalue weighted by Gasteiger charge is -1.96. The van der Waals surface area contributed by atoms with Crippen LogP contribution in [0.3, 0.4) is 0 Å². The molecule has 1 heterocycles. The molecule has 6 nitrogen and oxygen atoms in total. The molecule has 3 rings (SSSR count). The molecule has 3 aliphatic rings. The average molecular weight is 272 g/mol. The number of aliphatic hydroxyl groups is 2. The molecule has 2 aliphatic carbocycles. The number of aliphatic hydroxyl groups excluding tert-OH is 2. The molecule has 0 aromatic heterocycles. The van der Waals surface area contributed by atoms with Crippen molar-refractivity contribution in [2.45, 2.75) is 0 Å². The van der Waals surface area contributed by atoms with Gasteiger partial charge in [-0.1, -0.05) is 0 Å². The summed E-state index contributed by atoms with van der Waals surface area (Å²) < 4.78 is 11.0.